The molecule has 0 saturated carbocycles. The number of halogens is 1. The molecule has 90 valence electrons. The first-order valence-corrected chi connectivity index (χ1v) is 6.49. The van der Waals surface area contributed by atoms with Crippen molar-refractivity contribution in [3.05, 3.63) is 12.3 Å². The molecule has 1 rings (SSSR count). The first-order valence-electron chi connectivity index (χ1n) is 5.37. The third-order valence-corrected chi connectivity index (χ3v) is 3.54. The highest BCUT2D eigenvalue weighted by molar-refractivity contribution is 9.09. The second-order valence-corrected chi connectivity index (χ2v) is 4.85. The molecule has 5 heteroatoms. The second kappa shape index (κ2) is 6.03. The maximum Gasteiger partial charge on any atom is 0.226 e. The minimum Gasteiger partial charge on any atom is -0.367 e. The van der Waals surface area contributed by atoms with Gasteiger partial charge >= 0.3 is 0 Å². The highest BCUT2D eigenvalue weighted by Crippen LogP contribution is 2.13. The van der Waals surface area contributed by atoms with Gasteiger partial charge in [-0.25, -0.2) is 4.98 Å². The van der Waals surface area contributed by atoms with Crippen molar-refractivity contribution >= 4 is 27.7 Å². The van der Waals surface area contributed by atoms with E-state index in [-0.39, 0.29) is 0 Å². The zero-order valence-electron chi connectivity index (χ0n) is 10.2. The first-order chi connectivity index (χ1) is 7.54. The Morgan fingerprint density at radius 3 is 2.69 bits per heavy atom. The van der Waals surface area contributed by atoms with Crippen LogP contribution in [-0.4, -0.2) is 35.4 Å². The Morgan fingerprint density at radius 1 is 1.44 bits per heavy atom. The molecule has 0 aliphatic rings. The van der Waals surface area contributed by atoms with Gasteiger partial charge in [-0.3, -0.25) is 0 Å². The van der Waals surface area contributed by atoms with Crippen LogP contribution in [0.15, 0.2) is 12.3 Å². The summed E-state index contributed by atoms with van der Waals surface area (Å²) in [6.07, 6.45) is 1.77. The number of alkyl halides is 1. The van der Waals surface area contributed by atoms with E-state index >= 15 is 0 Å². The fraction of sp³-hybridized carbons (Fsp3) is 0.636. The summed E-state index contributed by atoms with van der Waals surface area (Å²) in [6, 6.07) is 2.27. The maximum atomic E-state index is 4.42. The van der Waals surface area contributed by atoms with Gasteiger partial charge in [-0.2, -0.15) is 4.98 Å². The van der Waals surface area contributed by atoms with Gasteiger partial charge in [0, 0.05) is 31.7 Å². The zero-order valence-corrected chi connectivity index (χ0v) is 11.8. The Kier molecular flexibility index (Phi) is 4.99. The van der Waals surface area contributed by atoms with E-state index < -0.39 is 0 Å². The van der Waals surface area contributed by atoms with Gasteiger partial charge in [0.25, 0.3) is 0 Å². The van der Waals surface area contributed by atoms with Gasteiger partial charge in [0.15, 0.2) is 0 Å². The molecular weight excluding hydrogens is 268 g/mol. The van der Waals surface area contributed by atoms with E-state index in [1.165, 1.54) is 0 Å². The summed E-state index contributed by atoms with van der Waals surface area (Å²) in [5, 5.41) is 4.36. The van der Waals surface area contributed by atoms with Crippen LogP contribution in [0.1, 0.15) is 13.8 Å². The molecule has 0 aromatic carbocycles. The molecule has 0 spiro atoms. The van der Waals surface area contributed by atoms with Crippen molar-refractivity contribution in [2.24, 2.45) is 5.92 Å². The summed E-state index contributed by atoms with van der Waals surface area (Å²) in [4.78, 5) is 10.5. The van der Waals surface area contributed by atoms with Crippen LogP contribution in [0.5, 0.6) is 0 Å². The van der Waals surface area contributed by atoms with Gasteiger partial charge < -0.3 is 10.2 Å². The van der Waals surface area contributed by atoms with Crippen molar-refractivity contribution < 1.29 is 0 Å². The summed E-state index contributed by atoms with van der Waals surface area (Å²) < 4.78 is 0. The lowest BCUT2D eigenvalue weighted by Crippen LogP contribution is -2.25. The van der Waals surface area contributed by atoms with E-state index in [0.29, 0.717) is 12.0 Å². The summed E-state index contributed by atoms with van der Waals surface area (Å²) in [6.45, 7) is 4.35. The Labute approximate surface area is 106 Å². The van der Waals surface area contributed by atoms with E-state index in [4.69, 9.17) is 0 Å². The molecule has 0 bridgehead atoms. The Morgan fingerprint density at radius 2 is 2.12 bits per heavy atom. The fourth-order valence-corrected chi connectivity index (χ4v) is 1.71. The van der Waals surface area contributed by atoms with E-state index in [0.717, 1.165) is 17.1 Å². The molecule has 0 radical (unpaired) electrons. The van der Waals surface area contributed by atoms with Crippen LogP contribution in [0.3, 0.4) is 0 Å². The van der Waals surface area contributed by atoms with Crippen LogP contribution in [0.25, 0.3) is 0 Å². The molecule has 16 heavy (non-hydrogen) atoms. The average Bonchev–Trinajstić information content (AvgIpc) is 2.28. The number of nitrogens with one attached hydrogen (secondary N) is 1. The molecule has 2 atom stereocenters. The largest absolute Gasteiger partial charge is 0.367 e. The zero-order chi connectivity index (χ0) is 12.1. The van der Waals surface area contributed by atoms with Crippen LogP contribution in [-0.2, 0) is 0 Å². The molecular formula is C11H19BrN4. The smallest absolute Gasteiger partial charge is 0.226 e. The van der Waals surface area contributed by atoms with E-state index in [1.807, 2.05) is 25.1 Å². The Hall–Kier alpha value is -0.840. The normalized spacial score (nSPS) is 14.3. The van der Waals surface area contributed by atoms with Crippen LogP contribution < -0.4 is 10.2 Å². The summed E-state index contributed by atoms with van der Waals surface area (Å²) in [5.41, 5.74) is 0. The SMILES string of the molecule is CC(CBr)C(C)Nc1ccnc(N(C)C)n1. The van der Waals surface area contributed by atoms with Crippen molar-refractivity contribution in [1.82, 2.24) is 9.97 Å². The van der Waals surface area contributed by atoms with Gasteiger partial charge in [-0.05, 0) is 18.9 Å². The summed E-state index contributed by atoms with van der Waals surface area (Å²) in [5.74, 6) is 2.15. The minimum atomic E-state index is 0.379. The lowest BCUT2D eigenvalue weighted by molar-refractivity contribution is 0.570. The van der Waals surface area contributed by atoms with E-state index in [2.05, 4.69) is 45.1 Å². The molecule has 0 aliphatic carbocycles. The second-order valence-electron chi connectivity index (χ2n) is 4.20. The van der Waals surface area contributed by atoms with Crippen molar-refractivity contribution in [2.75, 3.05) is 29.6 Å². The van der Waals surface area contributed by atoms with E-state index in [9.17, 15) is 0 Å². The van der Waals surface area contributed by atoms with Crippen LogP contribution in [0.4, 0.5) is 11.8 Å². The number of hydrogen-bond acceptors (Lipinski definition) is 4. The number of nitrogens with zero attached hydrogens (tertiary/aromatic N) is 3. The molecule has 1 N–H and O–H groups in total. The van der Waals surface area contributed by atoms with Gasteiger partial charge in [-0.15, -0.1) is 0 Å². The molecule has 4 nitrogen and oxygen atoms in total. The van der Waals surface area contributed by atoms with Crippen LogP contribution in [0.2, 0.25) is 0 Å². The molecule has 2 unspecified atom stereocenters. The van der Waals surface area contributed by atoms with Gasteiger partial charge in [-0.1, -0.05) is 22.9 Å². The van der Waals surface area contributed by atoms with Crippen LogP contribution in [0, 0.1) is 5.92 Å². The maximum absolute atomic E-state index is 4.42. The molecule has 1 aromatic heterocycles. The number of anilines is 2. The standard InChI is InChI=1S/C11H19BrN4/c1-8(7-12)9(2)14-10-5-6-13-11(15-10)16(3)4/h5-6,8-9H,7H2,1-4H3,(H,13,14,15). The predicted molar refractivity (Wildman–Crippen MR) is 72.4 cm³/mol. The Bertz CT molecular complexity index is 330. The monoisotopic (exact) mass is 286 g/mol. The fourth-order valence-electron chi connectivity index (χ4n) is 1.15. The van der Waals surface area contributed by atoms with Crippen molar-refractivity contribution in [1.29, 1.82) is 0 Å². The third kappa shape index (κ3) is 3.63. The Balaban J connectivity index is 2.70. The number of rotatable bonds is 5. The van der Waals surface area contributed by atoms with Gasteiger partial charge in [0.1, 0.15) is 5.82 Å². The quantitative estimate of drug-likeness (QED) is 0.844. The molecule has 0 aliphatic heterocycles. The van der Waals surface area contributed by atoms with Gasteiger partial charge in [0.2, 0.25) is 5.95 Å². The summed E-state index contributed by atoms with van der Waals surface area (Å²) >= 11 is 3.49. The highest BCUT2D eigenvalue weighted by Gasteiger charge is 2.11. The average molecular weight is 287 g/mol. The topological polar surface area (TPSA) is 41.1 Å². The molecule has 0 fully saturated rings. The predicted octanol–water partition coefficient (Wildman–Crippen LogP) is 2.37. The van der Waals surface area contributed by atoms with Crippen molar-refractivity contribution in [2.45, 2.75) is 19.9 Å². The molecule has 1 aromatic rings. The van der Waals surface area contributed by atoms with Crippen molar-refractivity contribution in [3.63, 3.8) is 0 Å². The van der Waals surface area contributed by atoms with Crippen molar-refractivity contribution in [3.8, 4) is 0 Å². The molecule has 0 amide bonds. The summed E-state index contributed by atoms with van der Waals surface area (Å²) in [7, 11) is 3.87. The lowest BCUT2D eigenvalue weighted by Gasteiger charge is -2.20. The molecule has 0 saturated heterocycles. The highest BCUT2D eigenvalue weighted by atomic mass is 79.9. The lowest BCUT2D eigenvalue weighted by atomic mass is 10.1. The number of aromatic nitrogens is 2. The number of hydrogen-bond donors (Lipinski definition) is 1. The van der Waals surface area contributed by atoms with Crippen LogP contribution >= 0.6 is 15.9 Å². The molecule has 1 heterocycles. The minimum absolute atomic E-state index is 0.379. The first kappa shape index (κ1) is 13.2. The third-order valence-electron chi connectivity index (χ3n) is 2.52. The van der Waals surface area contributed by atoms with E-state index in [1.54, 1.807) is 6.20 Å². The van der Waals surface area contributed by atoms with Gasteiger partial charge in [0.05, 0.1) is 0 Å².